The number of aromatic nitrogens is 1. The molecule has 92 valence electrons. The molecule has 0 amide bonds. The van der Waals surface area contributed by atoms with Gasteiger partial charge < -0.3 is 4.74 Å². The van der Waals surface area contributed by atoms with Gasteiger partial charge in [-0.2, -0.15) is 0 Å². The molecule has 3 heteroatoms. The van der Waals surface area contributed by atoms with E-state index in [2.05, 4.69) is 16.6 Å². The molecule has 0 spiro atoms. The summed E-state index contributed by atoms with van der Waals surface area (Å²) in [5, 5.41) is 0. The molecule has 0 unspecified atom stereocenters. The van der Waals surface area contributed by atoms with E-state index in [0.717, 1.165) is 5.69 Å². The number of hydrogen-bond acceptors (Lipinski definition) is 3. The SMILES string of the molecule is C=C/C=C\N=C(C)Oc1ccc(C)nc1.CC. The second-order valence-electron chi connectivity index (χ2n) is 2.96. The summed E-state index contributed by atoms with van der Waals surface area (Å²) in [5.41, 5.74) is 0.962. The molecule has 0 bridgehead atoms. The molecule has 1 aromatic rings. The highest BCUT2D eigenvalue weighted by atomic mass is 16.5. The molecule has 0 aliphatic carbocycles. The average molecular weight is 232 g/mol. The Morgan fingerprint density at radius 3 is 2.65 bits per heavy atom. The highest BCUT2D eigenvalue weighted by Crippen LogP contribution is 2.08. The summed E-state index contributed by atoms with van der Waals surface area (Å²) in [6.07, 6.45) is 6.69. The molecular weight excluding hydrogens is 212 g/mol. The Balaban J connectivity index is 0.00000121. The van der Waals surface area contributed by atoms with Gasteiger partial charge in [-0.25, -0.2) is 4.99 Å². The fourth-order valence-electron chi connectivity index (χ4n) is 0.920. The van der Waals surface area contributed by atoms with Crippen LogP contribution in [0.2, 0.25) is 0 Å². The van der Waals surface area contributed by atoms with E-state index in [9.17, 15) is 0 Å². The summed E-state index contributed by atoms with van der Waals surface area (Å²) in [7, 11) is 0. The number of allylic oxidation sites excluding steroid dienone is 2. The van der Waals surface area contributed by atoms with Crippen molar-refractivity contribution in [2.24, 2.45) is 4.99 Å². The van der Waals surface area contributed by atoms with Crippen LogP contribution in [0.1, 0.15) is 26.5 Å². The van der Waals surface area contributed by atoms with Gasteiger partial charge in [0.2, 0.25) is 0 Å². The molecular formula is C14H20N2O. The maximum atomic E-state index is 5.42. The fourth-order valence-corrected chi connectivity index (χ4v) is 0.920. The molecule has 1 rings (SSSR count). The van der Waals surface area contributed by atoms with Crippen molar-refractivity contribution in [1.82, 2.24) is 4.98 Å². The first-order valence-electron chi connectivity index (χ1n) is 5.65. The Bertz CT molecular complexity index is 378. The van der Waals surface area contributed by atoms with E-state index in [1.165, 1.54) is 0 Å². The maximum Gasteiger partial charge on any atom is 0.191 e. The standard InChI is InChI=1S/C12H14N2O.C2H6/c1-4-5-8-13-11(3)15-12-7-6-10(2)14-9-12;1-2/h4-9H,1H2,2-3H3;1-2H3/b8-5-,13-11?;. The lowest BCUT2D eigenvalue weighted by molar-refractivity contribution is 0.543. The van der Waals surface area contributed by atoms with Gasteiger partial charge in [-0.05, 0) is 25.1 Å². The van der Waals surface area contributed by atoms with E-state index in [1.807, 2.05) is 32.9 Å². The molecule has 0 saturated heterocycles. The Hall–Kier alpha value is -1.90. The van der Waals surface area contributed by atoms with Gasteiger partial charge in [0.1, 0.15) is 5.75 Å². The van der Waals surface area contributed by atoms with Crippen molar-refractivity contribution in [3.8, 4) is 5.75 Å². The monoisotopic (exact) mass is 232 g/mol. The third kappa shape index (κ3) is 7.06. The summed E-state index contributed by atoms with van der Waals surface area (Å²) < 4.78 is 5.42. The summed E-state index contributed by atoms with van der Waals surface area (Å²) >= 11 is 0. The van der Waals surface area contributed by atoms with Crippen molar-refractivity contribution in [1.29, 1.82) is 0 Å². The minimum Gasteiger partial charge on any atom is -0.442 e. The van der Waals surface area contributed by atoms with E-state index >= 15 is 0 Å². The fraction of sp³-hybridized carbons (Fsp3) is 0.286. The number of nitrogens with zero attached hydrogens (tertiary/aromatic N) is 2. The Morgan fingerprint density at radius 1 is 1.41 bits per heavy atom. The van der Waals surface area contributed by atoms with Gasteiger partial charge in [0.25, 0.3) is 0 Å². The molecule has 1 aromatic heterocycles. The van der Waals surface area contributed by atoms with E-state index in [4.69, 9.17) is 4.74 Å². The first-order chi connectivity index (χ1) is 8.22. The Morgan fingerprint density at radius 2 is 2.12 bits per heavy atom. The van der Waals surface area contributed by atoms with Crippen LogP contribution in [0.15, 0.2) is 48.3 Å². The van der Waals surface area contributed by atoms with Crippen LogP contribution in [0.5, 0.6) is 5.75 Å². The zero-order chi connectivity index (χ0) is 13.1. The number of ether oxygens (including phenoxy) is 1. The van der Waals surface area contributed by atoms with Gasteiger partial charge in [0, 0.05) is 18.8 Å². The van der Waals surface area contributed by atoms with Crippen LogP contribution in [-0.4, -0.2) is 10.9 Å². The normalized spacial score (nSPS) is 10.7. The molecule has 0 saturated carbocycles. The van der Waals surface area contributed by atoms with Crippen molar-refractivity contribution < 1.29 is 4.74 Å². The minimum absolute atomic E-state index is 0.568. The van der Waals surface area contributed by atoms with Crippen LogP contribution in [0, 0.1) is 6.92 Å². The topological polar surface area (TPSA) is 34.5 Å². The van der Waals surface area contributed by atoms with Gasteiger partial charge >= 0.3 is 0 Å². The first kappa shape index (κ1) is 15.1. The molecule has 17 heavy (non-hydrogen) atoms. The molecule has 0 radical (unpaired) electrons. The van der Waals surface area contributed by atoms with E-state index in [1.54, 1.807) is 31.5 Å². The first-order valence-corrected chi connectivity index (χ1v) is 5.65. The summed E-state index contributed by atoms with van der Waals surface area (Å²) in [6, 6.07) is 3.75. The number of aliphatic imine (C=N–C) groups is 1. The third-order valence-corrected chi connectivity index (χ3v) is 1.63. The van der Waals surface area contributed by atoms with Gasteiger partial charge in [-0.1, -0.05) is 26.5 Å². The molecule has 0 aliphatic heterocycles. The second kappa shape index (κ2) is 9.33. The van der Waals surface area contributed by atoms with Gasteiger partial charge in [-0.15, -0.1) is 0 Å². The molecule has 0 aromatic carbocycles. The van der Waals surface area contributed by atoms with Gasteiger partial charge in [-0.3, -0.25) is 4.98 Å². The number of pyridine rings is 1. The Kier molecular flexibility index (Phi) is 8.29. The number of aryl methyl sites for hydroxylation is 1. The van der Waals surface area contributed by atoms with Crippen molar-refractivity contribution in [2.75, 3.05) is 0 Å². The quantitative estimate of drug-likeness (QED) is 0.450. The van der Waals surface area contributed by atoms with Crippen LogP contribution in [0.3, 0.4) is 0 Å². The lowest BCUT2D eigenvalue weighted by atomic mass is 10.4. The predicted molar refractivity (Wildman–Crippen MR) is 73.4 cm³/mol. The van der Waals surface area contributed by atoms with Crippen LogP contribution >= 0.6 is 0 Å². The molecule has 0 atom stereocenters. The van der Waals surface area contributed by atoms with Crippen LogP contribution in [0.4, 0.5) is 0 Å². The molecule has 0 N–H and O–H groups in total. The third-order valence-electron chi connectivity index (χ3n) is 1.63. The van der Waals surface area contributed by atoms with Gasteiger partial charge in [0.15, 0.2) is 5.90 Å². The van der Waals surface area contributed by atoms with Crippen LogP contribution in [0.25, 0.3) is 0 Å². The smallest absolute Gasteiger partial charge is 0.191 e. The lowest BCUT2D eigenvalue weighted by Crippen LogP contribution is -2.02. The summed E-state index contributed by atoms with van der Waals surface area (Å²) in [5.74, 6) is 1.26. The molecule has 1 heterocycles. The predicted octanol–water partition coefficient (Wildman–Crippen LogP) is 3.91. The molecule has 0 fully saturated rings. The minimum atomic E-state index is 0.568. The highest BCUT2D eigenvalue weighted by molar-refractivity contribution is 5.76. The largest absolute Gasteiger partial charge is 0.442 e. The second-order valence-corrected chi connectivity index (χ2v) is 2.96. The summed E-state index contributed by atoms with van der Waals surface area (Å²) in [4.78, 5) is 8.16. The Labute approximate surface area is 104 Å². The van der Waals surface area contributed by atoms with E-state index in [-0.39, 0.29) is 0 Å². The zero-order valence-electron chi connectivity index (χ0n) is 11.0. The number of rotatable bonds is 3. The lowest BCUT2D eigenvalue weighted by Gasteiger charge is -2.02. The van der Waals surface area contributed by atoms with Crippen LogP contribution in [-0.2, 0) is 0 Å². The van der Waals surface area contributed by atoms with Gasteiger partial charge in [0.05, 0.1) is 6.20 Å². The van der Waals surface area contributed by atoms with E-state index < -0.39 is 0 Å². The van der Waals surface area contributed by atoms with Crippen molar-refractivity contribution >= 4 is 5.90 Å². The average Bonchev–Trinajstić information content (AvgIpc) is 2.35. The molecule has 3 nitrogen and oxygen atoms in total. The summed E-state index contributed by atoms with van der Waals surface area (Å²) in [6.45, 7) is 11.3. The number of hydrogen-bond donors (Lipinski definition) is 0. The molecule has 0 aliphatic rings. The zero-order valence-corrected chi connectivity index (χ0v) is 11.0. The van der Waals surface area contributed by atoms with E-state index in [0.29, 0.717) is 11.6 Å². The van der Waals surface area contributed by atoms with Crippen molar-refractivity contribution in [3.63, 3.8) is 0 Å². The maximum absolute atomic E-state index is 5.42. The van der Waals surface area contributed by atoms with Crippen LogP contribution < -0.4 is 4.74 Å². The highest BCUT2D eigenvalue weighted by Gasteiger charge is 1.95. The van der Waals surface area contributed by atoms with Crippen molar-refractivity contribution in [2.45, 2.75) is 27.7 Å². The van der Waals surface area contributed by atoms with Crippen molar-refractivity contribution in [3.05, 3.63) is 49.0 Å².